The minimum Gasteiger partial charge on any atom is -0.458 e. The Balaban J connectivity index is 2.81. The summed E-state index contributed by atoms with van der Waals surface area (Å²) < 4.78 is 5.28. The highest BCUT2D eigenvalue weighted by Gasteiger charge is 2.07. The maximum atomic E-state index is 5.28. The summed E-state index contributed by atoms with van der Waals surface area (Å²) in [5.41, 5.74) is 2.62. The summed E-state index contributed by atoms with van der Waals surface area (Å²) in [6.07, 6.45) is 3.21. The summed E-state index contributed by atoms with van der Waals surface area (Å²) in [6, 6.07) is 0. The van der Waals surface area contributed by atoms with E-state index in [2.05, 4.69) is 15.3 Å². The van der Waals surface area contributed by atoms with Crippen LogP contribution in [0.5, 0.6) is 0 Å². The largest absolute Gasteiger partial charge is 0.458 e. The van der Waals surface area contributed by atoms with Crippen LogP contribution in [0.2, 0.25) is 0 Å². The van der Waals surface area contributed by atoms with Crippen LogP contribution in [0.4, 0.5) is 5.82 Å². The second kappa shape index (κ2) is 2.48. The number of aryl methyl sites for hydroxylation is 1. The molecule has 1 N–H and O–H groups in total. The van der Waals surface area contributed by atoms with E-state index in [1.54, 1.807) is 13.3 Å². The molecule has 62 valence electrons. The third-order valence-electron chi connectivity index (χ3n) is 1.77. The summed E-state index contributed by atoms with van der Waals surface area (Å²) >= 11 is 0. The molecule has 2 rings (SSSR count). The predicted molar refractivity (Wildman–Crippen MR) is 46.1 cm³/mol. The third kappa shape index (κ3) is 0.845. The number of anilines is 1. The van der Waals surface area contributed by atoms with Crippen molar-refractivity contribution >= 4 is 16.9 Å². The van der Waals surface area contributed by atoms with Crippen molar-refractivity contribution in [1.82, 2.24) is 9.97 Å². The number of aromatic nitrogens is 2. The van der Waals surface area contributed by atoms with Crippen LogP contribution < -0.4 is 5.32 Å². The fourth-order valence-electron chi connectivity index (χ4n) is 1.15. The van der Waals surface area contributed by atoms with Crippen LogP contribution >= 0.6 is 0 Å². The van der Waals surface area contributed by atoms with Gasteiger partial charge in [-0.3, -0.25) is 0 Å². The number of nitrogens with zero attached hydrogens (tertiary/aromatic N) is 2. The van der Waals surface area contributed by atoms with E-state index >= 15 is 0 Å². The van der Waals surface area contributed by atoms with Crippen molar-refractivity contribution in [3.05, 3.63) is 18.2 Å². The van der Waals surface area contributed by atoms with Crippen molar-refractivity contribution in [2.24, 2.45) is 0 Å². The topological polar surface area (TPSA) is 51.0 Å². The molecule has 0 spiro atoms. The molecule has 12 heavy (non-hydrogen) atoms. The Morgan fingerprint density at radius 3 is 3.00 bits per heavy atom. The van der Waals surface area contributed by atoms with Crippen molar-refractivity contribution in [3.8, 4) is 0 Å². The summed E-state index contributed by atoms with van der Waals surface area (Å²) in [4.78, 5) is 8.13. The van der Waals surface area contributed by atoms with Gasteiger partial charge in [0.1, 0.15) is 11.8 Å². The summed E-state index contributed by atoms with van der Waals surface area (Å²) in [5, 5.41) is 2.94. The van der Waals surface area contributed by atoms with E-state index in [4.69, 9.17) is 4.42 Å². The number of furan rings is 1. The monoisotopic (exact) mass is 163 g/mol. The van der Waals surface area contributed by atoms with E-state index in [-0.39, 0.29) is 0 Å². The van der Waals surface area contributed by atoms with E-state index in [0.29, 0.717) is 0 Å². The molecule has 0 atom stereocenters. The molecule has 2 aromatic rings. The number of hydrogen-bond donors (Lipinski definition) is 1. The van der Waals surface area contributed by atoms with Crippen molar-refractivity contribution in [1.29, 1.82) is 0 Å². The first kappa shape index (κ1) is 7.09. The molecule has 4 heteroatoms. The Hall–Kier alpha value is -1.58. The molecule has 0 aliphatic rings. The first-order chi connectivity index (χ1) is 5.83. The van der Waals surface area contributed by atoms with E-state index in [0.717, 1.165) is 22.5 Å². The molecule has 0 aliphatic heterocycles. The van der Waals surface area contributed by atoms with Gasteiger partial charge in [-0.25, -0.2) is 9.97 Å². The van der Waals surface area contributed by atoms with Crippen LogP contribution in [0.1, 0.15) is 5.56 Å². The van der Waals surface area contributed by atoms with Crippen LogP contribution in [0.15, 0.2) is 17.0 Å². The van der Waals surface area contributed by atoms with Crippen LogP contribution in [0.25, 0.3) is 11.1 Å². The fraction of sp³-hybridized carbons (Fsp3) is 0.250. The molecule has 0 unspecified atom stereocenters. The van der Waals surface area contributed by atoms with Gasteiger partial charge in [0.2, 0.25) is 0 Å². The lowest BCUT2D eigenvalue weighted by Crippen LogP contribution is -1.92. The molecule has 0 radical (unpaired) electrons. The number of fused-ring (bicyclic) bond motifs is 1. The van der Waals surface area contributed by atoms with Gasteiger partial charge in [0, 0.05) is 12.6 Å². The molecule has 0 fully saturated rings. The number of nitrogens with one attached hydrogen (secondary N) is 1. The lowest BCUT2D eigenvalue weighted by molar-refractivity contribution is 0.612. The number of hydrogen-bond acceptors (Lipinski definition) is 4. The zero-order valence-corrected chi connectivity index (χ0v) is 6.96. The van der Waals surface area contributed by atoms with E-state index in [1.165, 1.54) is 6.33 Å². The maximum Gasteiger partial charge on any atom is 0.194 e. The average Bonchev–Trinajstić information content (AvgIpc) is 2.48. The van der Waals surface area contributed by atoms with Crippen LogP contribution in [0, 0.1) is 6.92 Å². The average molecular weight is 163 g/mol. The second-order valence-corrected chi connectivity index (χ2v) is 2.57. The van der Waals surface area contributed by atoms with Crippen molar-refractivity contribution in [2.75, 3.05) is 12.4 Å². The minimum absolute atomic E-state index is 0.720. The fourth-order valence-corrected chi connectivity index (χ4v) is 1.15. The first-order valence-corrected chi connectivity index (χ1v) is 3.69. The molecule has 2 aromatic heterocycles. The van der Waals surface area contributed by atoms with Gasteiger partial charge < -0.3 is 9.73 Å². The SMILES string of the molecule is CNc1ncnc2c(C)coc12. The molecular formula is C8H9N3O. The lowest BCUT2D eigenvalue weighted by atomic mass is 10.3. The van der Waals surface area contributed by atoms with E-state index < -0.39 is 0 Å². The Kier molecular flexibility index (Phi) is 1.46. The molecule has 0 saturated heterocycles. The molecule has 0 aromatic carbocycles. The Bertz CT molecular complexity index is 408. The molecule has 0 amide bonds. The van der Waals surface area contributed by atoms with Gasteiger partial charge in [-0.05, 0) is 6.92 Å². The standard InChI is InChI=1S/C8H9N3O/c1-5-3-12-7-6(5)10-4-11-8(7)9-2/h3-4H,1-2H3,(H,9,10,11). The Morgan fingerprint density at radius 1 is 1.42 bits per heavy atom. The van der Waals surface area contributed by atoms with Gasteiger partial charge in [-0.2, -0.15) is 0 Å². The molecule has 2 heterocycles. The van der Waals surface area contributed by atoms with Gasteiger partial charge in [-0.1, -0.05) is 0 Å². The van der Waals surface area contributed by atoms with Crippen LogP contribution in [-0.4, -0.2) is 17.0 Å². The maximum absolute atomic E-state index is 5.28. The quantitative estimate of drug-likeness (QED) is 0.693. The predicted octanol–water partition coefficient (Wildman–Crippen LogP) is 1.57. The van der Waals surface area contributed by atoms with E-state index in [9.17, 15) is 0 Å². The van der Waals surface area contributed by atoms with Gasteiger partial charge >= 0.3 is 0 Å². The lowest BCUT2D eigenvalue weighted by Gasteiger charge is -1.96. The van der Waals surface area contributed by atoms with Crippen molar-refractivity contribution < 1.29 is 4.42 Å². The van der Waals surface area contributed by atoms with Gasteiger partial charge in [0.15, 0.2) is 11.4 Å². The second-order valence-electron chi connectivity index (χ2n) is 2.57. The summed E-state index contributed by atoms with van der Waals surface area (Å²) in [5.74, 6) is 0.730. The van der Waals surface area contributed by atoms with Crippen molar-refractivity contribution in [2.45, 2.75) is 6.92 Å². The molecule has 4 nitrogen and oxygen atoms in total. The highest BCUT2D eigenvalue weighted by atomic mass is 16.3. The third-order valence-corrected chi connectivity index (χ3v) is 1.77. The highest BCUT2D eigenvalue weighted by Crippen LogP contribution is 2.22. The van der Waals surface area contributed by atoms with Gasteiger partial charge in [0.05, 0.1) is 6.26 Å². The van der Waals surface area contributed by atoms with E-state index in [1.807, 2.05) is 6.92 Å². The van der Waals surface area contributed by atoms with Crippen molar-refractivity contribution in [3.63, 3.8) is 0 Å². The molecule has 0 saturated carbocycles. The van der Waals surface area contributed by atoms with Crippen LogP contribution in [-0.2, 0) is 0 Å². The Labute approximate surface area is 69.6 Å². The highest BCUT2D eigenvalue weighted by molar-refractivity contribution is 5.85. The minimum atomic E-state index is 0.720. The normalized spacial score (nSPS) is 10.5. The first-order valence-electron chi connectivity index (χ1n) is 3.69. The molecular weight excluding hydrogens is 154 g/mol. The zero-order valence-electron chi connectivity index (χ0n) is 6.96. The number of rotatable bonds is 1. The summed E-state index contributed by atoms with van der Waals surface area (Å²) in [6.45, 7) is 1.96. The zero-order chi connectivity index (χ0) is 8.55. The van der Waals surface area contributed by atoms with Crippen LogP contribution in [0.3, 0.4) is 0 Å². The molecule has 0 bridgehead atoms. The smallest absolute Gasteiger partial charge is 0.194 e. The van der Waals surface area contributed by atoms with Gasteiger partial charge in [-0.15, -0.1) is 0 Å². The van der Waals surface area contributed by atoms with Gasteiger partial charge in [0.25, 0.3) is 0 Å². The Morgan fingerprint density at radius 2 is 2.25 bits per heavy atom. The molecule has 0 aliphatic carbocycles. The summed E-state index contributed by atoms with van der Waals surface area (Å²) in [7, 11) is 1.81.